The highest BCUT2D eigenvalue weighted by molar-refractivity contribution is 9.10. The van der Waals surface area contributed by atoms with E-state index in [1.165, 1.54) is 11.3 Å². The van der Waals surface area contributed by atoms with E-state index in [2.05, 4.69) is 21.2 Å². The summed E-state index contributed by atoms with van der Waals surface area (Å²) in [4.78, 5) is 11.9. The third kappa shape index (κ3) is 3.25. The number of rotatable bonds is 4. The number of hydrogen-bond donors (Lipinski definition) is 2. The van der Waals surface area contributed by atoms with E-state index in [0.717, 1.165) is 19.4 Å². The minimum absolute atomic E-state index is 0.256. The van der Waals surface area contributed by atoms with Crippen molar-refractivity contribution in [2.75, 3.05) is 5.32 Å². The number of thiophene rings is 1. The molecule has 0 aliphatic rings. The molecule has 0 amide bonds. The first kappa shape index (κ1) is 13.4. The number of hydrogen-bond acceptors (Lipinski definition) is 3. The Kier molecular flexibility index (Phi) is 4.27. The minimum Gasteiger partial charge on any atom is -0.478 e. The Bertz CT molecular complexity index is 585. The summed E-state index contributed by atoms with van der Waals surface area (Å²) in [5, 5.41) is 12.1. The van der Waals surface area contributed by atoms with Crippen LogP contribution < -0.4 is 5.32 Å². The molecular formula is C12H9BrClNO2S. The smallest absolute Gasteiger partial charge is 0.335 e. The highest BCUT2D eigenvalue weighted by atomic mass is 79.9. The molecule has 0 bridgehead atoms. The largest absolute Gasteiger partial charge is 0.478 e. The molecule has 3 nitrogen and oxygen atoms in total. The summed E-state index contributed by atoms with van der Waals surface area (Å²) < 4.78 is 1.48. The van der Waals surface area contributed by atoms with Crippen LogP contribution in [-0.4, -0.2) is 11.1 Å². The molecule has 2 aromatic rings. The fourth-order valence-corrected chi connectivity index (χ4v) is 2.97. The van der Waals surface area contributed by atoms with Gasteiger partial charge in [0.05, 0.1) is 9.90 Å². The Morgan fingerprint density at radius 3 is 2.72 bits per heavy atom. The lowest BCUT2D eigenvalue weighted by Gasteiger charge is -2.08. The summed E-state index contributed by atoms with van der Waals surface area (Å²) in [6.45, 7) is 0.655. The first-order chi connectivity index (χ1) is 8.56. The van der Waals surface area contributed by atoms with Gasteiger partial charge in [0.1, 0.15) is 0 Å². The lowest BCUT2D eigenvalue weighted by molar-refractivity contribution is 0.0697. The van der Waals surface area contributed by atoms with Crippen LogP contribution in [0.3, 0.4) is 0 Å². The molecule has 2 rings (SSSR count). The molecule has 0 aliphatic heterocycles. The van der Waals surface area contributed by atoms with Crippen LogP contribution in [0.5, 0.6) is 0 Å². The van der Waals surface area contributed by atoms with Crippen molar-refractivity contribution in [3.8, 4) is 0 Å². The number of benzene rings is 1. The van der Waals surface area contributed by atoms with Crippen molar-refractivity contribution < 1.29 is 9.90 Å². The Hall–Kier alpha value is -1.04. The highest BCUT2D eigenvalue weighted by Gasteiger charge is 2.06. The van der Waals surface area contributed by atoms with Crippen LogP contribution in [0.25, 0.3) is 0 Å². The van der Waals surface area contributed by atoms with Crippen molar-refractivity contribution in [3.63, 3.8) is 0 Å². The third-order valence-corrected chi connectivity index (χ3v) is 4.19. The number of aromatic carboxylic acids is 1. The van der Waals surface area contributed by atoms with Crippen molar-refractivity contribution >= 4 is 50.5 Å². The van der Waals surface area contributed by atoms with E-state index in [4.69, 9.17) is 16.7 Å². The van der Waals surface area contributed by atoms with E-state index in [1.54, 1.807) is 18.2 Å². The van der Waals surface area contributed by atoms with Crippen LogP contribution in [0.2, 0.25) is 4.34 Å². The molecule has 94 valence electrons. The summed E-state index contributed by atoms with van der Waals surface area (Å²) in [5.41, 5.74) is 1.11. The maximum atomic E-state index is 10.8. The Balaban J connectivity index is 2.08. The molecule has 1 aromatic heterocycles. The molecule has 2 N–H and O–H groups in total. The molecule has 6 heteroatoms. The summed E-state index contributed by atoms with van der Waals surface area (Å²) >= 11 is 10.7. The molecule has 0 saturated heterocycles. The fraction of sp³-hybridized carbons (Fsp3) is 0.0833. The van der Waals surface area contributed by atoms with Gasteiger partial charge in [-0.25, -0.2) is 4.79 Å². The van der Waals surface area contributed by atoms with Gasteiger partial charge in [0.2, 0.25) is 0 Å². The van der Waals surface area contributed by atoms with Gasteiger partial charge < -0.3 is 10.4 Å². The van der Waals surface area contributed by atoms with Gasteiger partial charge >= 0.3 is 5.97 Å². The maximum Gasteiger partial charge on any atom is 0.335 e. The number of halogens is 2. The summed E-state index contributed by atoms with van der Waals surface area (Å²) in [7, 11) is 0. The Morgan fingerprint density at radius 1 is 1.39 bits per heavy atom. The zero-order valence-electron chi connectivity index (χ0n) is 9.11. The summed E-state index contributed by atoms with van der Waals surface area (Å²) in [6, 6.07) is 8.69. The topological polar surface area (TPSA) is 49.3 Å². The minimum atomic E-state index is -0.938. The van der Waals surface area contributed by atoms with E-state index in [0.29, 0.717) is 6.54 Å². The molecule has 18 heavy (non-hydrogen) atoms. The molecule has 0 unspecified atom stereocenters. The van der Waals surface area contributed by atoms with Crippen LogP contribution in [0.15, 0.2) is 34.8 Å². The average Bonchev–Trinajstić information content (AvgIpc) is 2.73. The van der Waals surface area contributed by atoms with Crippen molar-refractivity contribution in [2.45, 2.75) is 6.54 Å². The van der Waals surface area contributed by atoms with Crippen LogP contribution in [-0.2, 0) is 6.54 Å². The van der Waals surface area contributed by atoms with E-state index in [1.807, 2.05) is 12.1 Å². The molecular weight excluding hydrogens is 338 g/mol. The van der Waals surface area contributed by atoms with Crippen molar-refractivity contribution in [2.24, 2.45) is 0 Å². The van der Waals surface area contributed by atoms with Crippen molar-refractivity contribution in [1.29, 1.82) is 0 Å². The van der Waals surface area contributed by atoms with Crippen LogP contribution in [0.4, 0.5) is 5.69 Å². The number of carboxylic acids is 1. The Labute approximate surface area is 122 Å². The van der Waals surface area contributed by atoms with Gasteiger partial charge in [-0.3, -0.25) is 0 Å². The maximum absolute atomic E-state index is 10.8. The lowest BCUT2D eigenvalue weighted by Crippen LogP contribution is -2.01. The van der Waals surface area contributed by atoms with Gasteiger partial charge in [-0.1, -0.05) is 11.6 Å². The second-order valence-electron chi connectivity index (χ2n) is 3.56. The second-order valence-corrected chi connectivity index (χ2v) is 6.21. The van der Waals surface area contributed by atoms with Crippen LogP contribution in [0.1, 0.15) is 15.2 Å². The van der Waals surface area contributed by atoms with Crippen molar-refractivity contribution in [3.05, 3.63) is 49.6 Å². The average molecular weight is 347 g/mol. The first-order valence-electron chi connectivity index (χ1n) is 5.07. The Morgan fingerprint density at radius 2 is 2.17 bits per heavy atom. The van der Waals surface area contributed by atoms with Crippen molar-refractivity contribution in [1.82, 2.24) is 0 Å². The van der Waals surface area contributed by atoms with Gasteiger partial charge in [0.25, 0.3) is 0 Å². The molecule has 0 spiro atoms. The normalized spacial score (nSPS) is 10.3. The molecule has 0 fully saturated rings. The zero-order chi connectivity index (χ0) is 13.1. The third-order valence-electron chi connectivity index (χ3n) is 2.30. The summed E-state index contributed by atoms with van der Waals surface area (Å²) in [5.74, 6) is -0.938. The molecule has 0 radical (unpaired) electrons. The number of carboxylic acid groups (broad SMARTS) is 1. The van der Waals surface area contributed by atoms with Crippen LogP contribution >= 0.6 is 38.9 Å². The summed E-state index contributed by atoms with van der Waals surface area (Å²) in [6.07, 6.45) is 0. The molecule has 0 saturated carbocycles. The van der Waals surface area contributed by atoms with E-state index in [-0.39, 0.29) is 5.56 Å². The van der Waals surface area contributed by atoms with E-state index >= 15 is 0 Å². The monoisotopic (exact) mass is 345 g/mol. The van der Waals surface area contributed by atoms with E-state index in [9.17, 15) is 4.79 Å². The first-order valence-corrected chi connectivity index (χ1v) is 7.06. The highest BCUT2D eigenvalue weighted by Crippen LogP contribution is 2.26. The van der Waals surface area contributed by atoms with E-state index < -0.39 is 5.97 Å². The molecule has 1 heterocycles. The predicted octanol–water partition coefficient (Wildman–Crippen LogP) is 4.47. The molecule has 0 atom stereocenters. The van der Waals surface area contributed by atoms with Gasteiger partial charge in [-0.15, -0.1) is 11.3 Å². The fourth-order valence-electron chi connectivity index (χ4n) is 1.42. The van der Waals surface area contributed by atoms with Crippen LogP contribution in [0, 0.1) is 0 Å². The number of carbonyl (C=O) groups is 1. The quantitative estimate of drug-likeness (QED) is 0.858. The number of anilines is 1. The zero-order valence-corrected chi connectivity index (χ0v) is 12.3. The van der Waals surface area contributed by atoms with Gasteiger partial charge in [-0.2, -0.15) is 0 Å². The van der Waals surface area contributed by atoms with Gasteiger partial charge in [0, 0.05) is 21.6 Å². The van der Waals surface area contributed by atoms with Gasteiger partial charge in [-0.05, 0) is 46.3 Å². The SMILES string of the molecule is O=C(O)c1ccc(NCc2ccc(Cl)s2)c(Br)c1. The number of nitrogens with one attached hydrogen (secondary N) is 1. The standard InChI is InChI=1S/C12H9BrClNO2S/c13-9-5-7(12(16)17)1-3-10(9)15-6-8-2-4-11(14)18-8/h1-5,15H,6H2,(H,16,17). The predicted molar refractivity (Wildman–Crippen MR) is 77.8 cm³/mol. The lowest BCUT2D eigenvalue weighted by atomic mass is 10.2. The van der Waals surface area contributed by atoms with Gasteiger partial charge in [0.15, 0.2) is 0 Å². The second kappa shape index (κ2) is 5.73. The molecule has 0 aliphatic carbocycles. The molecule has 1 aromatic carbocycles.